The summed E-state index contributed by atoms with van der Waals surface area (Å²) in [6.45, 7) is 4.93. The lowest BCUT2D eigenvalue weighted by atomic mass is 9.94. The number of benzene rings is 1. The van der Waals surface area contributed by atoms with Crippen LogP contribution in [0.1, 0.15) is 18.9 Å². The van der Waals surface area contributed by atoms with Gasteiger partial charge in [-0.25, -0.2) is 4.39 Å². The highest BCUT2D eigenvalue weighted by atomic mass is 19.1. The minimum Gasteiger partial charge on any atom is -0.379 e. The van der Waals surface area contributed by atoms with Crippen LogP contribution in [0.2, 0.25) is 0 Å². The van der Waals surface area contributed by atoms with Crippen molar-refractivity contribution in [2.75, 3.05) is 33.2 Å². The molecule has 0 radical (unpaired) electrons. The summed E-state index contributed by atoms with van der Waals surface area (Å²) in [5.74, 6) is -0.319. The van der Waals surface area contributed by atoms with Crippen LogP contribution in [0.15, 0.2) is 29.4 Å². The van der Waals surface area contributed by atoms with E-state index >= 15 is 0 Å². The predicted octanol–water partition coefficient (Wildman–Crippen LogP) is 1.48. The molecular weight excluding hydrogens is 285 g/mol. The number of oxime groups is 1. The second-order valence-corrected chi connectivity index (χ2v) is 6.14. The van der Waals surface area contributed by atoms with Crippen molar-refractivity contribution in [3.05, 3.63) is 35.6 Å². The van der Waals surface area contributed by atoms with Crippen molar-refractivity contribution in [1.82, 2.24) is 9.80 Å². The second kappa shape index (κ2) is 5.68. The summed E-state index contributed by atoms with van der Waals surface area (Å²) < 4.78 is 13.0. The highest BCUT2D eigenvalue weighted by Crippen LogP contribution is 2.29. The minimum atomic E-state index is -0.959. The Kier molecular flexibility index (Phi) is 3.87. The Labute approximate surface area is 129 Å². The summed E-state index contributed by atoms with van der Waals surface area (Å²) in [4.78, 5) is 22.2. The zero-order valence-corrected chi connectivity index (χ0v) is 12.9. The molecule has 1 amide bonds. The van der Waals surface area contributed by atoms with Crippen molar-refractivity contribution in [3.8, 4) is 0 Å². The van der Waals surface area contributed by atoms with Crippen LogP contribution < -0.4 is 0 Å². The summed E-state index contributed by atoms with van der Waals surface area (Å²) in [5, 5.41) is 4.06. The van der Waals surface area contributed by atoms with Gasteiger partial charge in [-0.15, -0.1) is 0 Å². The largest absolute Gasteiger partial charge is 0.379 e. The first-order chi connectivity index (χ1) is 10.5. The van der Waals surface area contributed by atoms with E-state index in [1.165, 1.54) is 12.1 Å². The Balaban J connectivity index is 1.68. The lowest BCUT2D eigenvalue weighted by molar-refractivity contribution is -0.154. The summed E-state index contributed by atoms with van der Waals surface area (Å²) in [6, 6.07) is 6.08. The summed E-state index contributed by atoms with van der Waals surface area (Å²) in [7, 11) is 2.05. The number of hydrogen-bond acceptors (Lipinski definition) is 4. The van der Waals surface area contributed by atoms with E-state index < -0.39 is 5.60 Å². The first-order valence-corrected chi connectivity index (χ1v) is 7.47. The summed E-state index contributed by atoms with van der Waals surface area (Å²) in [6.07, 6.45) is 0.407. The van der Waals surface area contributed by atoms with E-state index in [9.17, 15) is 9.18 Å². The molecule has 6 heteroatoms. The van der Waals surface area contributed by atoms with Crippen LogP contribution in [0.3, 0.4) is 0 Å². The molecule has 5 nitrogen and oxygen atoms in total. The fourth-order valence-electron chi connectivity index (χ4n) is 2.80. The van der Waals surface area contributed by atoms with Crippen LogP contribution in [-0.4, -0.2) is 60.2 Å². The van der Waals surface area contributed by atoms with E-state index in [-0.39, 0.29) is 11.7 Å². The van der Waals surface area contributed by atoms with Crippen molar-refractivity contribution >= 4 is 11.6 Å². The smallest absolute Gasteiger partial charge is 0.269 e. The maximum atomic E-state index is 13.0. The van der Waals surface area contributed by atoms with Gasteiger partial charge >= 0.3 is 0 Å². The molecule has 1 atom stereocenters. The number of likely N-dealkylation sites (N-methyl/N-ethyl adjacent to an activating group) is 1. The molecule has 0 aromatic heterocycles. The van der Waals surface area contributed by atoms with Crippen LogP contribution in [-0.2, 0) is 9.63 Å². The number of carbonyl (C=O) groups is 1. The number of rotatable bonds is 2. The van der Waals surface area contributed by atoms with Crippen molar-refractivity contribution < 1.29 is 14.0 Å². The maximum Gasteiger partial charge on any atom is 0.269 e. The zero-order valence-electron chi connectivity index (χ0n) is 12.9. The van der Waals surface area contributed by atoms with Gasteiger partial charge in [-0.3, -0.25) is 4.79 Å². The van der Waals surface area contributed by atoms with E-state index in [0.29, 0.717) is 25.2 Å². The number of nitrogens with zero attached hydrogens (tertiary/aromatic N) is 3. The molecule has 0 aliphatic carbocycles. The number of carbonyl (C=O) groups excluding carboxylic acids is 1. The molecule has 2 heterocycles. The average Bonchev–Trinajstić information content (AvgIpc) is 2.92. The van der Waals surface area contributed by atoms with E-state index in [4.69, 9.17) is 4.84 Å². The minimum absolute atomic E-state index is 0.0264. The highest BCUT2D eigenvalue weighted by Gasteiger charge is 2.45. The molecule has 1 aromatic rings. The average molecular weight is 305 g/mol. The molecule has 0 N–H and O–H groups in total. The van der Waals surface area contributed by atoms with E-state index in [2.05, 4.69) is 10.1 Å². The molecule has 1 fully saturated rings. The van der Waals surface area contributed by atoms with E-state index in [0.717, 1.165) is 18.7 Å². The lowest BCUT2D eigenvalue weighted by Gasteiger charge is -2.36. The third kappa shape index (κ3) is 2.83. The van der Waals surface area contributed by atoms with Gasteiger partial charge in [0, 0.05) is 32.6 Å². The van der Waals surface area contributed by atoms with Gasteiger partial charge in [0.05, 0.1) is 5.71 Å². The Hall–Kier alpha value is -1.95. The van der Waals surface area contributed by atoms with Crippen LogP contribution in [0.4, 0.5) is 4.39 Å². The molecule has 0 saturated carbocycles. The van der Waals surface area contributed by atoms with Crippen LogP contribution in [0, 0.1) is 5.82 Å². The van der Waals surface area contributed by atoms with Gasteiger partial charge in [0.25, 0.3) is 5.91 Å². The van der Waals surface area contributed by atoms with Gasteiger partial charge in [0.15, 0.2) is 0 Å². The maximum absolute atomic E-state index is 13.0. The zero-order chi connectivity index (χ0) is 15.7. The van der Waals surface area contributed by atoms with Gasteiger partial charge in [0.2, 0.25) is 5.60 Å². The quantitative estimate of drug-likeness (QED) is 0.831. The fraction of sp³-hybridized carbons (Fsp3) is 0.500. The molecule has 22 heavy (non-hydrogen) atoms. The van der Waals surface area contributed by atoms with Gasteiger partial charge in [-0.2, -0.15) is 0 Å². The van der Waals surface area contributed by atoms with Crippen LogP contribution in [0.5, 0.6) is 0 Å². The van der Waals surface area contributed by atoms with Crippen molar-refractivity contribution in [1.29, 1.82) is 0 Å². The summed E-state index contributed by atoms with van der Waals surface area (Å²) in [5.41, 5.74) is 0.515. The Morgan fingerprint density at radius 3 is 2.50 bits per heavy atom. The van der Waals surface area contributed by atoms with Gasteiger partial charge < -0.3 is 14.6 Å². The molecule has 3 rings (SSSR count). The molecule has 1 aromatic carbocycles. The summed E-state index contributed by atoms with van der Waals surface area (Å²) >= 11 is 0. The van der Waals surface area contributed by atoms with Gasteiger partial charge in [0.1, 0.15) is 5.82 Å². The van der Waals surface area contributed by atoms with Crippen molar-refractivity contribution in [2.45, 2.75) is 18.9 Å². The molecule has 2 aliphatic rings. The molecule has 0 bridgehead atoms. The van der Waals surface area contributed by atoms with Gasteiger partial charge in [-0.1, -0.05) is 17.3 Å². The van der Waals surface area contributed by atoms with E-state index in [1.807, 2.05) is 11.9 Å². The normalized spacial score (nSPS) is 25.8. The first kappa shape index (κ1) is 15.0. The standard InChI is InChI=1S/C16H20FN3O2/c1-16(15(21)20-9-7-19(2)8-10-20)11-14(18-22-16)12-3-5-13(17)6-4-12/h3-6H,7-11H2,1-2H3/t16-/m0/s1. The first-order valence-electron chi connectivity index (χ1n) is 7.47. The van der Waals surface area contributed by atoms with Crippen molar-refractivity contribution in [2.24, 2.45) is 5.16 Å². The lowest BCUT2D eigenvalue weighted by Crippen LogP contribution is -2.54. The SMILES string of the molecule is CN1CCN(C(=O)[C@]2(C)CC(c3ccc(F)cc3)=NO2)CC1. The highest BCUT2D eigenvalue weighted by molar-refractivity contribution is 6.05. The van der Waals surface area contributed by atoms with Crippen LogP contribution >= 0.6 is 0 Å². The molecule has 0 unspecified atom stereocenters. The third-order valence-corrected chi connectivity index (χ3v) is 4.28. The van der Waals surface area contributed by atoms with Gasteiger partial charge in [-0.05, 0) is 31.7 Å². The number of piperazine rings is 1. The van der Waals surface area contributed by atoms with Crippen LogP contribution in [0.25, 0.3) is 0 Å². The number of halogens is 1. The van der Waals surface area contributed by atoms with Crippen molar-refractivity contribution in [3.63, 3.8) is 0 Å². The molecule has 2 aliphatic heterocycles. The van der Waals surface area contributed by atoms with E-state index in [1.54, 1.807) is 19.1 Å². The molecule has 1 saturated heterocycles. The topological polar surface area (TPSA) is 45.1 Å². The molecule has 118 valence electrons. The molecular formula is C16H20FN3O2. The Morgan fingerprint density at radius 2 is 1.86 bits per heavy atom. The monoisotopic (exact) mass is 305 g/mol. The number of amides is 1. The predicted molar refractivity (Wildman–Crippen MR) is 81.1 cm³/mol. The third-order valence-electron chi connectivity index (χ3n) is 4.28. The molecule has 0 spiro atoms. The fourth-order valence-corrected chi connectivity index (χ4v) is 2.80. The Morgan fingerprint density at radius 1 is 1.23 bits per heavy atom. The number of hydrogen-bond donors (Lipinski definition) is 0. The second-order valence-electron chi connectivity index (χ2n) is 6.14. The Bertz CT molecular complexity index is 594.